The van der Waals surface area contributed by atoms with Crippen molar-refractivity contribution in [3.8, 4) is 11.1 Å². The molecule has 170 valence electrons. The van der Waals surface area contributed by atoms with Gasteiger partial charge in [-0.3, -0.25) is 14.4 Å². The van der Waals surface area contributed by atoms with Crippen molar-refractivity contribution in [2.75, 3.05) is 25.0 Å². The van der Waals surface area contributed by atoms with Crippen LogP contribution in [-0.4, -0.2) is 53.2 Å². The van der Waals surface area contributed by atoms with Crippen LogP contribution < -0.4 is 5.32 Å². The summed E-state index contributed by atoms with van der Waals surface area (Å²) in [4.78, 5) is 42.3. The van der Waals surface area contributed by atoms with Crippen LogP contribution in [0.5, 0.6) is 0 Å². The molecule has 0 bridgehead atoms. The molecule has 2 heterocycles. The number of nitrogens with zero attached hydrogens (tertiary/aromatic N) is 2. The number of hydrogen-bond acceptors (Lipinski definition) is 3. The molecule has 3 amide bonds. The van der Waals surface area contributed by atoms with Crippen LogP contribution >= 0.6 is 0 Å². The fourth-order valence-electron chi connectivity index (χ4n) is 4.05. The zero-order chi connectivity index (χ0) is 23.5. The summed E-state index contributed by atoms with van der Waals surface area (Å²) in [6.07, 6.45) is 0.413. The molecule has 0 aliphatic carbocycles. The third-order valence-corrected chi connectivity index (χ3v) is 5.59. The monoisotopic (exact) mass is 435 g/mol. The highest BCUT2D eigenvalue weighted by Crippen LogP contribution is 2.30. The number of nitrogens with one attached hydrogen (secondary N) is 1. The van der Waals surface area contributed by atoms with Gasteiger partial charge in [-0.05, 0) is 28.7 Å². The van der Waals surface area contributed by atoms with E-state index in [1.165, 1.54) is 0 Å². The Morgan fingerprint density at radius 2 is 1.69 bits per heavy atom. The molecular formula is C26H33N3O3. The van der Waals surface area contributed by atoms with Crippen molar-refractivity contribution in [3.63, 3.8) is 0 Å². The largest absolute Gasteiger partial charge is 0.338 e. The average Bonchev–Trinajstić information content (AvgIpc) is 2.88. The topological polar surface area (TPSA) is 69.7 Å². The van der Waals surface area contributed by atoms with Gasteiger partial charge < -0.3 is 15.1 Å². The lowest BCUT2D eigenvalue weighted by Crippen LogP contribution is -2.59. The Morgan fingerprint density at radius 3 is 2.34 bits per heavy atom. The van der Waals surface area contributed by atoms with Gasteiger partial charge in [-0.1, -0.05) is 71.0 Å². The Balaban J connectivity index is 0.00000141. The van der Waals surface area contributed by atoms with E-state index in [1.807, 2.05) is 77.1 Å². The minimum atomic E-state index is -0.678. The second kappa shape index (κ2) is 9.55. The van der Waals surface area contributed by atoms with Crippen molar-refractivity contribution in [3.05, 3.63) is 54.1 Å². The van der Waals surface area contributed by atoms with Crippen molar-refractivity contribution in [1.29, 1.82) is 0 Å². The molecule has 0 saturated carbocycles. The summed E-state index contributed by atoms with van der Waals surface area (Å²) >= 11 is 0. The van der Waals surface area contributed by atoms with Crippen LogP contribution in [0.4, 0.5) is 5.69 Å². The Labute approximate surface area is 190 Å². The maximum atomic E-state index is 13.3. The van der Waals surface area contributed by atoms with Crippen LogP contribution in [0.1, 0.15) is 51.4 Å². The number of hydrogen-bond donors (Lipinski definition) is 1. The zero-order valence-corrected chi connectivity index (χ0v) is 19.6. The van der Waals surface area contributed by atoms with E-state index >= 15 is 0 Å². The third kappa shape index (κ3) is 5.01. The first-order chi connectivity index (χ1) is 15.2. The summed E-state index contributed by atoms with van der Waals surface area (Å²) in [5.74, 6) is -0.396. The molecule has 0 radical (unpaired) electrons. The lowest BCUT2D eigenvalue weighted by molar-refractivity contribution is -0.137. The van der Waals surface area contributed by atoms with Crippen LogP contribution in [0.3, 0.4) is 0 Å². The van der Waals surface area contributed by atoms with Crippen LogP contribution in [0, 0.1) is 5.41 Å². The SMILES string of the molecule is CC.CC(C)(C)CC(=O)N1CCN2C(=O)c3cc(-c4ccccc4)ccc3NC(=O)C2C1. The number of fused-ring (bicyclic) bond motifs is 2. The molecule has 6 nitrogen and oxygen atoms in total. The maximum absolute atomic E-state index is 13.3. The highest BCUT2D eigenvalue weighted by Gasteiger charge is 2.40. The van der Waals surface area contributed by atoms with Crippen molar-refractivity contribution in [2.24, 2.45) is 5.41 Å². The number of carbonyl (C=O) groups excluding carboxylic acids is 3. The predicted molar refractivity (Wildman–Crippen MR) is 127 cm³/mol. The molecule has 2 aromatic rings. The number of rotatable bonds is 2. The molecule has 1 fully saturated rings. The zero-order valence-electron chi connectivity index (χ0n) is 19.6. The molecule has 32 heavy (non-hydrogen) atoms. The van der Waals surface area contributed by atoms with Gasteiger partial charge in [-0.2, -0.15) is 0 Å². The smallest absolute Gasteiger partial charge is 0.256 e. The molecule has 4 rings (SSSR count). The fraction of sp³-hybridized carbons (Fsp3) is 0.423. The van der Waals surface area contributed by atoms with Crippen LogP contribution in [0.25, 0.3) is 11.1 Å². The van der Waals surface area contributed by atoms with Gasteiger partial charge in [0.2, 0.25) is 11.8 Å². The molecule has 1 unspecified atom stereocenters. The van der Waals surface area contributed by atoms with Crippen molar-refractivity contribution in [1.82, 2.24) is 9.80 Å². The Morgan fingerprint density at radius 1 is 1.00 bits per heavy atom. The second-order valence-corrected chi connectivity index (χ2v) is 9.21. The molecule has 0 aromatic heterocycles. The first kappa shape index (κ1) is 23.5. The van der Waals surface area contributed by atoms with Crippen molar-refractivity contribution in [2.45, 2.75) is 47.1 Å². The van der Waals surface area contributed by atoms with Crippen molar-refractivity contribution >= 4 is 23.4 Å². The molecule has 0 spiro atoms. The summed E-state index contributed by atoms with van der Waals surface area (Å²) in [5, 5.41) is 2.90. The number of piperazine rings is 1. The minimum Gasteiger partial charge on any atom is -0.338 e. The van der Waals surface area contributed by atoms with E-state index in [2.05, 4.69) is 5.32 Å². The van der Waals surface area contributed by atoms with E-state index in [4.69, 9.17) is 0 Å². The lowest BCUT2D eigenvalue weighted by atomic mass is 9.91. The van der Waals surface area contributed by atoms with Crippen LogP contribution in [0.2, 0.25) is 0 Å². The van der Waals surface area contributed by atoms with Gasteiger partial charge in [0, 0.05) is 19.5 Å². The molecule has 2 aliphatic heterocycles. The van der Waals surface area contributed by atoms with Gasteiger partial charge in [-0.15, -0.1) is 0 Å². The van der Waals surface area contributed by atoms with E-state index in [0.29, 0.717) is 30.8 Å². The van der Waals surface area contributed by atoms with E-state index in [0.717, 1.165) is 11.1 Å². The predicted octanol–water partition coefficient (Wildman–Crippen LogP) is 4.42. The molecular weight excluding hydrogens is 402 g/mol. The quantitative estimate of drug-likeness (QED) is 0.759. The molecule has 2 aliphatic rings. The fourth-order valence-corrected chi connectivity index (χ4v) is 4.05. The van der Waals surface area contributed by atoms with E-state index < -0.39 is 6.04 Å². The second-order valence-electron chi connectivity index (χ2n) is 9.21. The minimum absolute atomic E-state index is 0.0236. The van der Waals surface area contributed by atoms with E-state index in [-0.39, 0.29) is 29.7 Å². The highest BCUT2D eigenvalue weighted by molar-refractivity contribution is 6.10. The van der Waals surface area contributed by atoms with Crippen LogP contribution in [-0.2, 0) is 9.59 Å². The van der Waals surface area contributed by atoms with Gasteiger partial charge in [0.25, 0.3) is 5.91 Å². The first-order valence-electron chi connectivity index (χ1n) is 11.3. The summed E-state index contributed by atoms with van der Waals surface area (Å²) in [6, 6.07) is 14.7. The van der Waals surface area contributed by atoms with Crippen LogP contribution in [0.15, 0.2) is 48.5 Å². The van der Waals surface area contributed by atoms with Crippen molar-refractivity contribution < 1.29 is 14.4 Å². The Hall–Kier alpha value is -3.15. The summed E-state index contributed by atoms with van der Waals surface area (Å²) in [7, 11) is 0. The number of amides is 3. The normalized spacial score (nSPS) is 18.0. The summed E-state index contributed by atoms with van der Waals surface area (Å²) < 4.78 is 0. The summed E-state index contributed by atoms with van der Waals surface area (Å²) in [5.41, 5.74) is 2.82. The Kier molecular flexibility index (Phi) is 7.02. The molecule has 6 heteroatoms. The molecule has 1 atom stereocenters. The lowest BCUT2D eigenvalue weighted by Gasteiger charge is -2.40. The highest BCUT2D eigenvalue weighted by atomic mass is 16.2. The van der Waals surface area contributed by atoms with E-state index in [1.54, 1.807) is 15.9 Å². The van der Waals surface area contributed by atoms with Gasteiger partial charge in [0.15, 0.2) is 0 Å². The van der Waals surface area contributed by atoms with Gasteiger partial charge in [-0.25, -0.2) is 0 Å². The molecule has 2 aromatic carbocycles. The first-order valence-corrected chi connectivity index (χ1v) is 11.3. The third-order valence-electron chi connectivity index (χ3n) is 5.59. The number of carbonyl (C=O) groups is 3. The van der Waals surface area contributed by atoms with Gasteiger partial charge in [0.05, 0.1) is 17.8 Å². The van der Waals surface area contributed by atoms with E-state index in [9.17, 15) is 14.4 Å². The van der Waals surface area contributed by atoms with Gasteiger partial charge in [0.1, 0.15) is 6.04 Å². The number of anilines is 1. The maximum Gasteiger partial charge on any atom is 0.256 e. The number of benzene rings is 2. The Bertz CT molecular complexity index is 995. The van der Waals surface area contributed by atoms with Gasteiger partial charge >= 0.3 is 0 Å². The molecule has 1 N–H and O–H groups in total. The standard InChI is InChI=1S/C24H27N3O3.C2H6/c1-24(2,3)14-21(28)26-11-12-27-20(15-26)22(29)25-19-10-9-17(13-18(19)23(27)30)16-7-5-4-6-8-16;1-2/h4-10,13,20H,11-12,14-15H2,1-3H3,(H,25,29);1-2H3. The molecule has 1 saturated heterocycles. The average molecular weight is 436 g/mol. The summed E-state index contributed by atoms with van der Waals surface area (Å²) in [6.45, 7) is 11.1.